The van der Waals surface area contributed by atoms with E-state index in [2.05, 4.69) is 33.2 Å². The molecule has 1 aromatic rings. The number of aromatic nitrogens is 2. The molecule has 1 saturated heterocycles. The molecule has 0 saturated carbocycles. The molecule has 2 unspecified atom stereocenters. The third-order valence-corrected chi connectivity index (χ3v) is 15.3. The first-order valence-electron chi connectivity index (χ1n) is 24.8. The predicted molar refractivity (Wildman–Crippen MR) is 252 cm³/mol. The number of phosphoric ester groups is 2. The van der Waals surface area contributed by atoms with Crippen LogP contribution in [0.4, 0.5) is 0 Å². The summed E-state index contributed by atoms with van der Waals surface area (Å²) in [6, 6.07) is 0.0337. The number of esters is 1. The van der Waals surface area contributed by atoms with Crippen molar-refractivity contribution >= 4 is 33.4 Å². The second kappa shape index (κ2) is 42.5. The van der Waals surface area contributed by atoms with Crippen LogP contribution in [0.15, 0.2) is 22.2 Å². The smallest absolute Gasteiger partial charge is 0.858 e. The van der Waals surface area contributed by atoms with Gasteiger partial charge in [0.25, 0.3) is 7.82 Å². The van der Waals surface area contributed by atoms with Crippen LogP contribution >= 0.6 is 27.4 Å². The van der Waals surface area contributed by atoms with Gasteiger partial charge in [-0.05, 0) is 36.1 Å². The van der Waals surface area contributed by atoms with E-state index in [-0.39, 0.29) is 77.7 Å². The third-order valence-electron chi connectivity index (χ3n) is 11.5. The van der Waals surface area contributed by atoms with Gasteiger partial charge < -0.3 is 28.9 Å². The van der Waals surface area contributed by atoms with Gasteiger partial charge in [-0.2, -0.15) is 11.8 Å². The van der Waals surface area contributed by atoms with Gasteiger partial charge in [0.15, 0.2) is 0 Å². The number of hydrogen-bond acceptors (Lipinski definition) is 14. The van der Waals surface area contributed by atoms with Crippen molar-refractivity contribution in [3.05, 3.63) is 33.2 Å². The molecule has 0 spiro atoms. The van der Waals surface area contributed by atoms with E-state index in [1.54, 1.807) is 0 Å². The molecule has 17 nitrogen and oxygen atoms in total. The van der Waals surface area contributed by atoms with Crippen LogP contribution in [-0.4, -0.2) is 63.4 Å². The zero-order valence-electron chi connectivity index (χ0n) is 41.5. The summed E-state index contributed by atoms with van der Waals surface area (Å²) in [7, 11) is -10.8. The summed E-state index contributed by atoms with van der Waals surface area (Å²) in [5.74, 6) is -0.195. The number of phosphoric acid groups is 2. The van der Waals surface area contributed by atoms with Crippen molar-refractivity contribution in [1.29, 1.82) is 0 Å². The average molecular weight is 1020 g/mol. The number of hydrogen-bond donors (Lipinski definition) is 1. The van der Waals surface area contributed by atoms with Crippen LogP contribution in [0.2, 0.25) is 0 Å². The number of rotatable bonds is 43. The summed E-state index contributed by atoms with van der Waals surface area (Å²) in [4.78, 5) is 54.2. The van der Waals surface area contributed by atoms with Gasteiger partial charge in [-0.25, -0.2) is 18.7 Å². The first-order valence-corrected chi connectivity index (χ1v) is 28.9. The van der Waals surface area contributed by atoms with E-state index < -0.39 is 70.9 Å². The van der Waals surface area contributed by atoms with Crippen molar-refractivity contribution in [3.63, 3.8) is 0 Å². The zero-order chi connectivity index (χ0) is 47.4. The average Bonchev–Trinajstić information content (AvgIpc) is 3.66. The first kappa shape index (κ1) is 67.0. The van der Waals surface area contributed by atoms with Crippen LogP contribution in [0.1, 0.15) is 213 Å². The standard InChI is InChI=1S/C45H83N5O12P2S.2Na/c1-3-5-7-9-11-13-15-17-18-19-20-22-24-26-28-30-34-65-38-39(60-44(52)31-29-27-25-23-21-16-14-12-10-8-6-4-2)36-58-63(54,55)62-64(56,57)59-37-41-40(48-49-46)35-43(61-41)50-33-32-42(51)47-45(50)53;;/h32-33,39-41,43H,3-31,34-38H2,1-2H3,(H,54,55)(H,56,57)(H,47,51,53);;/q;2*+1/p-2/t39-,40-,41+,43+;;/m0../s1. The van der Waals surface area contributed by atoms with Crippen molar-refractivity contribution in [2.75, 3.05) is 24.7 Å². The third kappa shape index (κ3) is 34.9. The molecule has 1 N–H and O–H groups in total. The van der Waals surface area contributed by atoms with Crippen molar-refractivity contribution < 1.29 is 111 Å². The minimum atomic E-state index is -5.49. The monoisotopic (exact) mass is 1020 g/mol. The number of ether oxygens (including phenoxy) is 2. The van der Waals surface area contributed by atoms with E-state index in [0.29, 0.717) is 6.42 Å². The maximum Gasteiger partial charge on any atom is 1.00 e. The van der Waals surface area contributed by atoms with Crippen LogP contribution in [0.3, 0.4) is 0 Å². The molecular formula is C45H81N5Na2O12P2S. The van der Waals surface area contributed by atoms with E-state index >= 15 is 0 Å². The molecule has 0 aromatic carbocycles. The molecule has 0 amide bonds. The molecule has 1 aromatic heterocycles. The van der Waals surface area contributed by atoms with Gasteiger partial charge in [0.1, 0.15) is 12.3 Å². The van der Waals surface area contributed by atoms with Crippen molar-refractivity contribution in [2.45, 2.75) is 231 Å². The fourth-order valence-corrected chi connectivity index (χ4v) is 10.9. The van der Waals surface area contributed by atoms with E-state index in [1.807, 2.05) is 0 Å². The van der Waals surface area contributed by atoms with Gasteiger partial charge in [-0.3, -0.25) is 18.5 Å². The predicted octanol–water partition coefficient (Wildman–Crippen LogP) is 5.91. The van der Waals surface area contributed by atoms with Crippen LogP contribution in [0.5, 0.6) is 5.88 Å². The normalized spacial score (nSPS) is 17.9. The molecular weight excluding hydrogens is 943 g/mol. The van der Waals surface area contributed by atoms with Gasteiger partial charge in [0, 0.05) is 29.7 Å². The minimum Gasteiger partial charge on any atom is -0.858 e. The van der Waals surface area contributed by atoms with Crippen LogP contribution in [0.25, 0.3) is 10.4 Å². The minimum absolute atomic E-state index is 0. The Balaban J connectivity index is 0.0000218. The Kier molecular flexibility index (Phi) is 42.5. The number of azide groups is 1. The van der Waals surface area contributed by atoms with Gasteiger partial charge >= 0.3 is 78.6 Å². The Bertz CT molecular complexity index is 1620. The van der Waals surface area contributed by atoms with E-state index in [1.165, 1.54) is 147 Å². The van der Waals surface area contributed by atoms with Crippen LogP contribution < -0.4 is 74.8 Å². The second-order valence-electron chi connectivity index (χ2n) is 17.3. The molecule has 0 radical (unpaired) electrons. The Morgan fingerprint density at radius 1 is 0.851 bits per heavy atom. The maximum absolute atomic E-state index is 12.9. The molecule has 22 heteroatoms. The number of carbonyl (C=O) groups is 1. The summed E-state index contributed by atoms with van der Waals surface area (Å²) in [5, 5.41) is 15.0. The van der Waals surface area contributed by atoms with Gasteiger partial charge in [-0.1, -0.05) is 186 Å². The number of unbranched alkanes of at least 4 members (excludes halogenated alkanes) is 26. The van der Waals surface area contributed by atoms with Gasteiger partial charge in [0.2, 0.25) is 0 Å². The molecule has 0 bridgehead atoms. The van der Waals surface area contributed by atoms with E-state index in [9.17, 15) is 33.6 Å². The topological polar surface area (TPSA) is 247 Å². The zero-order valence-corrected chi connectivity index (χ0v) is 48.1. The van der Waals surface area contributed by atoms with Crippen molar-refractivity contribution in [1.82, 2.24) is 9.55 Å². The molecule has 67 heavy (non-hydrogen) atoms. The van der Waals surface area contributed by atoms with Gasteiger partial charge in [0.05, 0.1) is 25.4 Å². The maximum atomic E-state index is 12.9. The molecule has 6 atom stereocenters. The summed E-state index contributed by atoms with van der Waals surface area (Å²) >= 11 is 1.52. The molecule has 1 fully saturated rings. The van der Waals surface area contributed by atoms with Crippen LogP contribution in [-0.2, 0) is 36.8 Å². The quantitative estimate of drug-likeness (QED) is 0.0152. The summed E-state index contributed by atoms with van der Waals surface area (Å²) in [5.41, 5.74) is 8.09. The number of nitrogens with zero attached hydrogens (tertiary/aromatic N) is 5. The van der Waals surface area contributed by atoms with Crippen LogP contribution in [0, 0.1) is 0 Å². The Labute approximate surface area is 449 Å². The van der Waals surface area contributed by atoms with E-state index in [0.717, 1.165) is 61.1 Å². The first-order chi connectivity index (χ1) is 31.4. The Hall–Kier alpha value is 0.0300. The largest absolute Gasteiger partial charge is 1.00 e. The Morgan fingerprint density at radius 3 is 1.81 bits per heavy atom. The summed E-state index contributed by atoms with van der Waals surface area (Å²) in [6.45, 7) is 3.07. The van der Waals surface area contributed by atoms with Gasteiger partial charge in [-0.15, -0.1) is 0 Å². The van der Waals surface area contributed by atoms with E-state index in [4.69, 9.17) is 24.1 Å². The molecule has 2 rings (SSSR count). The molecule has 2 heterocycles. The molecule has 376 valence electrons. The Morgan fingerprint density at radius 2 is 1.33 bits per heavy atom. The molecule has 1 aliphatic heterocycles. The second-order valence-corrected chi connectivity index (χ2v) is 21.5. The molecule has 1 aliphatic rings. The van der Waals surface area contributed by atoms with Crippen molar-refractivity contribution in [2.24, 2.45) is 5.11 Å². The fraction of sp³-hybridized carbons (Fsp3) is 0.889. The SMILES string of the molecule is CCCCCCCCCCCCCCCCCCSC[C@H](COP(=O)([O-])OP(=O)(O)OC[C@H]1O[C@@H](n2ccc([O-])nc2=O)C[C@@H]1N=[N+]=[N-])OC(=O)CCCCCCCCCCCCCC.[Na+].[Na+]. The van der Waals surface area contributed by atoms with Crippen molar-refractivity contribution in [3.8, 4) is 5.88 Å². The fourth-order valence-electron chi connectivity index (χ4n) is 7.79. The summed E-state index contributed by atoms with van der Waals surface area (Å²) < 4.78 is 52.2. The number of carbonyl (C=O) groups excluding carboxylic acids is 1. The number of thioether (sulfide) groups is 1. The molecule has 0 aliphatic carbocycles. The summed E-state index contributed by atoms with van der Waals surface area (Å²) in [6.07, 6.45) is 32.2.